The maximum atomic E-state index is 12.8. The van der Waals surface area contributed by atoms with E-state index in [0.29, 0.717) is 31.0 Å². The van der Waals surface area contributed by atoms with Gasteiger partial charge in [-0.15, -0.1) is 0 Å². The van der Waals surface area contributed by atoms with Crippen molar-refractivity contribution in [2.75, 3.05) is 18.4 Å². The first-order valence-corrected chi connectivity index (χ1v) is 12.4. The summed E-state index contributed by atoms with van der Waals surface area (Å²) in [4.78, 5) is 19.1. The number of hydrogen-bond acceptors (Lipinski definition) is 6. The van der Waals surface area contributed by atoms with E-state index in [1.54, 1.807) is 23.0 Å². The Morgan fingerprint density at radius 3 is 2.78 bits per heavy atom. The Hall–Kier alpha value is -2.72. The highest BCUT2D eigenvalue weighted by molar-refractivity contribution is 7.90. The van der Waals surface area contributed by atoms with Gasteiger partial charge in [0.25, 0.3) is 10.0 Å². The van der Waals surface area contributed by atoms with Crippen molar-refractivity contribution in [1.29, 1.82) is 0 Å². The van der Waals surface area contributed by atoms with Crippen LogP contribution in [0.1, 0.15) is 45.1 Å². The number of aromatic nitrogens is 2. The molecule has 3 rings (SSSR count). The van der Waals surface area contributed by atoms with Crippen molar-refractivity contribution >= 4 is 27.5 Å². The van der Waals surface area contributed by atoms with Crippen LogP contribution in [0.3, 0.4) is 0 Å². The van der Waals surface area contributed by atoms with Crippen LogP contribution in [0.25, 0.3) is 0 Å². The first-order valence-electron chi connectivity index (χ1n) is 10.9. The van der Waals surface area contributed by atoms with Crippen molar-refractivity contribution in [2.45, 2.75) is 57.0 Å². The zero-order valence-corrected chi connectivity index (χ0v) is 19.7. The zero-order chi connectivity index (χ0) is 23.1. The lowest BCUT2D eigenvalue weighted by molar-refractivity contribution is -0.117. The minimum Gasteiger partial charge on any atom is -0.325 e. The lowest BCUT2D eigenvalue weighted by atomic mass is 10.2. The number of carbonyl (C=O) groups excluding carboxylic acids is 1. The van der Waals surface area contributed by atoms with Gasteiger partial charge < -0.3 is 5.32 Å². The molecule has 1 aromatic heterocycles. The Labute approximate surface area is 190 Å². The highest BCUT2D eigenvalue weighted by Crippen LogP contribution is 2.17. The number of hydrogen-bond donors (Lipinski definition) is 2. The van der Waals surface area contributed by atoms with Gasteiger partial charge in [-0.25, -0.2) is 8.42 Å². The number of benzene rings is 1. The van der Waals surface area contributed by atoms with E-state index in [2.05, 4.69) is 20.1 Å². The highest BCUT2D eigenvalue weighted by Gasteiger charge is 2.19. The first-order chi connectivity index (χ1) is 15.2. The molecule has 2 N–H and O–H groups in total. The molecule has 2 heterocycles. The van der Waals surface area contributed by atoms with Gasteiger partial charge in [0.1, 0.15) is 5.84 Å². The van der Waals surface area contributed by atoms with Crippen LogP contribution in [0.4, 0.5) is 5.69 Å². The van der Waals surface area contributed by atoms with Crippen LogP contribution in [0.15, 0.2) is 46.5 Å². The lowest BCUT2D eigenvalue weighted by Gasteiger charge is -2.25. The predicted octanol–water partition coefficient (Wildman–Crippen LogP) is 2.52. The number of aryl methyl sites for hydroxylation is 1. The van der Waals surface area contributed by atoms with Gasteiger partial charge in [0.2, 0.25) is 5.91 Å². The second kappa shape index (κ2) is 10.7. The van der Waals surface area contributed by atoms with Crippen molar-refractivity contribution in [3.05, 3.63) is 42.2 Å². The highest BCUT2D eigenvalue weighted by atomic mass is 32.2. The standard InChI is InChI=1S/C22H32N6O3S/c1-17(2)28(15-18-13-24-27(3)14-18)16-22(29)25-19-8-7-9-20(12-19)32(30,31)26-21-10-5-4-6-11-23-21/h7-9,12-14,17H,4-6,10-11,15-16H2,1-3H3,(H,23,26)(H,25,29). The van der Waals surface area contributed by atoms with Crippen LogP contribution in [-0.4, -0.2) is 54.0 Å². The first kappa shape index (κ1) is 23.9. The van der Waals surface area contributed by atoms with Crippen LogP contribution in [0.5, 0.6) is 0 Å². The minimum absolute atomic E-state index is 0.0957. The largest absolute Gasteiger partial charge is 0.325 e. The number of anilines is 1. The van der Waals surface area contributed by atoms with E-state index in [1.165, 1.54) is 12.1 Å². The summed E-state index contributed by atoms with van der Waals surface area (Å²) < 4.78 is 29.9. The number of amidine groups is 1. The third-order valence-corrected chi connectivity index (χ3v) is 6.65. The summed E-state index contributed by atoms with van der Waals surface area (Å²) in [7, 11) is -1.91. The molecule has 9 nitrogen and oxygen atoms in total. The van der Waals surface area contributed by atoms with Crippen molar-refractivity contribution in [2.24, 2.45) is 12.0 Å². The Balaban J connectivity index is 1.65. The maximum Gasteiger partial charge on any atom is 0.262 e. The molecule has 1 aliphatic rings. The molecule has 0 fully saturated rings. The molecule has 1 aromatic carbocycles. The fourth-order valence-corrected chi connectivity index (χ4v) is 4.64. The van der Waals surface area contributed by atoms with Gasteiger partial charge in [0.15, 0.2) is 0 Å². The molecule has 32 heavy (non-hydrogen) atoms. The summed E-state index contributed by atoms with van der Waals surface area (Å²) in [6.45, 7) is 5.47. The Kier molecular flexibility index (Phi) is 8.03. The monoisotopic (exact) mass is 460 g/mol. The molecule has 10 heteroatoms. The number of amides is 1. The van der Waals surface area contributed by atoms with Crippen LogP contribution in [0.2, 0.25) is 0 Å². The predicted molar refractivity (Wildman–Crippen MR) is 125 cm³/mol. The number of aliphatic imine (C=N–C) groups is 1. The SMILES string of the molecule is CC(C)N(CC(=O)Nc1cccc(S(=O)(=O)NC2=NCCCCC2)c1)Cc1cnn(C)c1. The van der Waals surface area contributed by atoms with Gasteiger partial charge >= 0.3 is 0 Å². The molecule has 1 aliphatic heterocycles. The van der Waals surface area contributed by atoms with E-state index < -0.39 is 10.0 Å². The molecular weight excluding hydrogens is 428 g/mol. The van der Waals surface area contributed by atoms with E-state index in [1.807, 2.05) is 32.0 Å². The van der Waals surface area contributed by atoms with Crippen LogP contribution < -0.4 is 10.0 Å². The van der Waals surface area contributed by atoms with E-state index >= 15 is 0 Å². The van der Waals surface area contributed by atoms with Crippen molar-refractivity contribution < 1.29 is 13.2 Å². The van der Waals surface area contributed by atoms with Gasteiger partial charge in [-0.1, -0.05) is 12.5 Å². The van der Waals surface area contributed by atoms with Gasteiger partial charge in [-0.3, -0.25) is 24.1 Å². The normalized spacial score (nSPS) is 14.8. The van der Waals surface area contributed by atoms with Gasteiger partial charge in [-0.2, -0.15) is 5.10 Å². The van der Waals surface area contributed by atoms with Crippen LogP contribution in [0, 0.1) is 0 Å². The van der Waals surface area contributed by atoms with Crippen molar-refractivity contribution in [3.63, 3.8) is 0 Å². The Bertz CT molecular complexity index is 1060. The van der Waals surface area contributed by atoms with E-state index in [9.17, 15) is 13.2 Å². The summed E-state index contributed by atoms with van der Waals surface area (Å²) in [5.74, 6) is 0.290. The van der Waals surface area contributed by atoms with Gasteiger partial charge in [0.05, 0.1) is 17.6 Å². The zero-order valence-electron chi connectivity index (χ0n) is 18.9. The number of sulfonamides is 1. The molecule has 0 unspecified atom stereocenters. The third kappa shape index (κ3) is 6.89. The van der Waals surface area contributed by atoms with Crippen LogP contribution in [-0.2, 0) is 28.4 Å². The summed E-state index contributed by atoms with van der Waals surface area (Å²) in [6.07, 6.45) is 7.27. The van der Waals surface area contributed by atoms with Crippen LogP contribution >= 0.6 is 0 Å². The number of carbonyl (C=O) groups is 1. The molecule has 2 aromatic rings. The third-order valence-electron chi connectivity index (χ3n) is 5.28. The fourth-order valence-electron chi connectivity index (χ4n) is 3.51. The second-order valence-corrected chi connectivity index (χ2v) is 10.0. The van der Waals surface area contributed by atoms with E-state index in [0.717, 1.165) is 24.8 Å². The molecule has 1 amide bonds. The number of rotatable bonds is 8. The lowest BCUT2D eigenvalue weighted by Crippen LogP contribution is -2.37. The van der Waals surface area contributed by atoms with E-state index in [4.69, 9.17) is 0 Å². The molecule has 0 atom stereocenters. The number of nitrogens with zero attached hydrogens (tertiary/aromatic N) is 4. The smallest absolute Gasteiger partial charge is 0.262 e. The average Bonchev–Trinajstić information content (AvgIpc) is 2.97. The summed E-state index contributed by atoms with van der Waals surface area (Å²) in [5.41, 5.74) is 1.46. The molecule has 0 saturated heterocycles. The molecular formula is C22H32N6O3S. The van der Waals surface area contributed by atoms with Crippen molar-refractivity contribution in [1.82, 2.24) is 19.4 Å². The molecule has 0 saturated carbocycles. The molecule has 0 bridgehead atoms. The molecule has 0 radical (unpaired) electrons. The summed E-state index contributed by atoms with van der Waals surface area (Å²) >= 11 is 0. The minimum atomic E-state index is -3.76. The van der Waals surface area contributed by atoms with Crippen molar-refractivity contribution in [3.8, 4) is 0 Å². The van der Waals surface area contributed by atoms with E-state index in [-0.39, 0.29) is 23.4 Å². The van der Waals surface area contributed by atoms with Gasteiger partial charge in [-0.05, 0) is 44.9 Å². The Morgan fingerprint density at radius 1 is 1.25 bits per heavy atom. The second-order valence-electron chi connectivity index (χ2n) is 8.34. The summed E-state index contributed by atoms with van der Waals surface area (Å²) in [6, 6.07) is 6.43. The summed E-state index contributed by atoms with van der Waals surface area (Å²) in [5, 5.41) is 6.99. The van der Waals surface area contributed by atoms with Gasteiger partial charge in [0, 0.05) is 50.0 Å². The Morgan fingerprint density at radius 2 is 2.06 bits per heavy atom. The quantitative estimate of drug-likeness (QED) is 0.629. The average molecular weight is 461 g/mol. The maximum absolute atomic E-state index is 12.8. The fraction of sp³-hybridized carbons (Fsp3) is 0.500. The topological polar surface area (TPSA) is 109 Å². The number of nitrogens with one attached hydrogen (secondary N) is 2. The molecule has 0 aliphatic carbocycles. The molecule has 174 valence electrons. The molecule has 0 spiro atoms.